The van der Waals surface area contributed by atoms with Gasteiger partial charge in [-0.1, -0.05) is 0 Å². The first-order valence-electron chi connectivity index (χ1n) is 6.86. The monoisotopic (exact) mass is 307 g/mol. The molecule has 112 valence electrons. The molecule has 21 heavy (non-hydrogen) atoms. The van der Waals surface area contributed by atoms with E-state index >= 15 is 0 Å². The van der Waals surface area contributed by atoms with Crippen LogP contribution < -0.4 is 10.6 Å². The van der Waals surface area contributed by atoms with Crippen molar-refractivity contribution in [1.82, 2.24) is 14.9 Å². The standard InChI is InChI=1S/C13H17N5O2S/c1-2-20-13(19)18-6-4-17(5-7-18)10-9-3-8-21-11(9)16-12(14)15-10/h3,8H,2,4-7H2,1H3,(H2,14,15,16). The molecule has 0 spiro atoms. The smallest absolute Gasteiger partial charge is 0.409 e. The van der Waals surface area contributed by atoms with Crippen molar-refractivity contribution in [3.63, 3.8) is 0 Å². The Morgan fingerprint density at radius 1 is 1.38 bits per heavy atom. The molecule has 0 aromatic carbocycles. The van der Waals surface area contributed by atoms with Crippen LogP contribution in [0.4, 0.5) is 16.6 Å². The molecule has 2 aromatic rings. The summed E-state index contributed by atoms with van der Waals surface area (Å²) < 4.78 is 5.02. The number of carbonyl (C=O) groups excluding carboxylic acids is 1. The van der Waals surface area contributed by atoms with Gasteiger partial charge in [-0.25, -0.2) is 9.78 Å². The number of piperazine rings is 1. The number of thiophene rings is 1. The highest BCUT2D eigenvalue weighted by Gasteiger charge is 2.24. The van der Waals surface area contributed by atoms with Crippen molar-refractivity contribution in [2.75, 3.05) is 43.4 Å². The zero-order chi connectivity index (χ0) is 14.8. The molecule has 1 saturated heterocycles. The highest BCUT2D eigenvalue weighted by Crippen LogP contribution is 2.29. The molecule has 1 amide bonds. The number of nitrogens with two attached hydrogens (primary N) is 1. The van der Waals surface area contributed by atoms with E-state index in [1.807, 2.05) is 18.4 Å². The average molecular weight is 307 g/mol. The summed E-state index contributed by atoms with van der Waals surface area (Å²) in [5, 5.41) is 3.00. The first-order chi connectivity index (χ1) is 10.2. The Kier molecular flexibility index (Phi) is 3.78. The van der Waals surface area contributed by atoms with Crippen LogP contribution in [0.2, 0.25) is 0 Å². The first-order valence-corrected chi connectivity index (χ1v) is 7.74. The van der Waals surface area contributed by atoms with Crippen molar-refractivity contribution in [3.05, 3.63) is 11.4 Å². The lowest BCUT2D eigenvalue weighted by molar-refractivity contribution is 0.105. The number of aromatic nitrogens is 2. The van der Waals surface area contributed by atoms with Crippen LogP contribution >= 0.6 is 11.3 Å². The van der Waals surface area contributed by atoms with Gasteiger partial charge in [-0.05, 0) is 18.4 Å². The maximum atomic E-state index is 11.7. The number of ether oxygens (including phenoxy) is 1. The van der Waals surface area contributed by atoms with Crippen LogP contribution in [0.5, 0.6) is 0 Å². The quantitative estimate of drug-likeness (QED) is 0.906. The van der Waals surface area contributed by atoms with Crippen molar-refractivity contribution in [1.29, 1.82) is 0 Å². The number of hydrogen-bond donors (Lipinski definition) is 1. The van der Waals surface area contributed by atoms with Gasteiger partial charge in [0, 0.05) is 26.2 Å². The summed E-state index contributed by atoms with van der Waals surface area (Å²) in [5.41, 5.74) is 5.78. The lowest BCUT2D eigenvalue weighted by Gasteiger charge is -2.34. The number of carbonyl (C=O) groups is 1. The van der Waals surface area contributed by atoms with E-state index < -0.39 is 0 Å². The second-order valence-corrected chi connectivity index (χ2v) is 5.61. The normalized spacial score (nSPS) is 15.5. The van der Waals surface area contributed by atoms with Crippen LogP contribution in [0.15, 0.2) is 11.4 Å². The summed E-state index contributed by atoms with van der Waals surface area (Å²) in [5.74, 6) is 1.13. The van der Waals surface area contributed by atoms with Crippen molar-refractivity contribution < 1.29 is 9.53 Å². The minimum Gasteiger partial charge on any atom is -0.450 e. The molecule has 2 aromatic heterocycles. The molecule has 2 N–H and O–H groups in total. The SMILES string of the molecule is CCOC(=O)N1CCN(c2nc(N)nc3sccc23)CC1. The van der Waals surface area contributed by atoms with E-state index in [4.69, 9.17) is 10.5 Å². The predicted molar refractivity (Wildman–Crippen MR) is 82.6 cm³/mol. The summed E-state index contributed by atoms with van der Waals surface area (Å²) in [6.45, 7) is 4.87. The number of anilines is 2. The van der Waals surface area contributed by atoms with Gasteiger partial charge in [0.2, 0.25) is 5.95 Å². The number of fused-ring (bicyclic) bond motifs is 1. The lowest BCUT2D eigenvalue weighted by atomic mass is 10.3. The van der Waals surface area contributed by atoms with Gasteiger partial charge in [0.25, 0.3) is 0 Å². The number of rotatable bonds is 2. The number of nitrogens with zero attached hydrogens (tertiary/aromatic N) is 4. The zero-order valence-electron chi connectivity index (χ0n) is 11.8. The summed E-state index contributed by atoms with van der Waals surface area (Å²) in [6.07, 6.45) is -0.250. The largest absolute Gasteiger partial charge is 0.450 e. The predicted octanol–water partition coefficient (Wildman–Crippen LogP) is 1.55. The Bertz CT molecular complexity index is 651. The van der Waals surface area contributed by atoms with Gasteiger partial charge in [-0.2, -0.15) is 4.98 Å². The maximum Gasteiger partial charge on any atom is 0.409 e. The highest BCUT2D eigenvalue weighted by molar-refractivity contribution is 7.16. The van der Waals surface area contributed by atoms with Crippen LogP contribution in [-0.4, -0.2) is 53.7 Å². The van der Waals surface area contributed by atoms with E-state index in [9.17, 15) is 4.79 Å². The summed E-state index contributed by atoms with van der Waals surface area (Å²) in [6, 6.07) is 2.01. The molecular weight excluding hydrogens is 290 g/mol. The highest BCUT2D eigenvalue weighted by atomic mass is 32.1. The van der Waals surface area contributed by atoms with Crippen LogP contribution in [0, 0.1) is 0 Å². The summed E-state index contributed by atoms with van der Waals surface area (Å²) in [7, 11) is 0. The number of amides is 1. The first kappa shape index (κ1) is 13.9. The maximum absolute atomic E-state index is 11.7. The minimum atomic E-state index is -0.250. The Morgan fingerprint density at radius 2 is 2.14 bits per heavy atom. The van der Waals surface area contributed by atoms with E-state index in [1.54, 1.807) is 16.2 Å². The molecular formula is C13H17N5O2S. The molecule has 0 aliphatic carbocycles. The third-order valence-electron chi connectivity index (χ3n) is 3.43. The van der Waals surface area contributed by atoms with E-state index in [0.29, 0.717) is 32.8 Å². The topological polar surface area (TPSA) is 84.6 Å². The Morgan fingerprint density at radius 3 is 2.86 bits per heavy atom. The minimum absolute atomic E-state index is 0.250. The zero-order valence-corrected chi connectivity index (χ0v) is 12.6. The van der Waals surface area contributed by atoms with Crippen molar-refractivity contribution >= 4 is 39.4 Å². The fraction of sp³-hybridized carbons (Fsp3) is 0.462. The van der Waals surface area contributed by atoms with Crippen LogP contribution in [-0.2, 0) is 4.74 Å². The van der Waals surface area contributed by atoms with Crippen molar-refractivity contribution in [3.8, 4) is 0 Å². The number of nitrogen functional groups attached to an aromatic ring is 1. The van der Waals surface area contributed by atoms with Gasteiger partial charge in [0.15, 0.2) is 0 Å². The molecule has 0 radical (unpaired) electrons. The van der Waals surface area contributed by atoms with Gasteiger partial charge in [0.05, 0.1) is 12.0 Å². The molecule has 0 bridgehead atoms. The van der Waals surface area contributed by atoms with Gasteiger partial charge >= 0.3 is 6.09 Å². The van der Waals surface area contributed by atoms with Crippen molar-refractivity contribution in [2.45, 2.75) is 6.92 Å². The molecule has 8 heteroatoms. The van der Waals surface area contributed by atoms with Gasteiger partial charge < -0.3 is 20.3 Å². The third-order valence-corrected chi connectivity index (χ3v) is 4.23. The van der Waals surface area contributed by atoms with Crippen LogP contribution in [0.3, 0.4) is 0 Å². The molecule has 0 atom stereocenters. The fourth-order valence-corrected chi connectivity index (χ4v) is 3.18. The number of hydrogen-bond acceptors (Lipinski definition) is 7. The van der Waals surface area contributed by atoms with Gasteiger partial charge in [-0.15, -0.1) is 11.3 Å². The fourth-order valence-electron chi connectivity index (χ4n) is 2.41. The summed E-state index contributed by atoms with van der Waals surface area (Å²) in [4.78, 5) is 25.1. The second kappa shape index (κ2) is 5.72. The lowest BCUT2D eigenvalue weighted by Crippen LogP contribution is -2.49. The van der Waals surface area contributed by atoms with E-state index in [2.05, 4.69) is 14.9 Å². The molecule has 3 heterocycles. The molecule has 1 fully saturated rings. The van der Waals surface area contributed by atoms with Gasteiger partial charge in [-0.3, -0.25) is 0 Å². The third kappa shape index (κ3) is 2.71. The summed E-state index contributed by atoms with van der Waals surface area (Å²) >= 11 is 1.55. The molecule has 3 rings (SSSR count). The van der Waals surface area contributed by atoms with Crippen LogP contribution in [0.25, 0.3) is 10.2 Å². The van der Waals surface area contributed by atoms with E-state index in [-0.39, 0.29) is 12.0 Å². The van der Waals surface area contributed by atoms with E-state index in [0.717, 1.165) is 16.0 Å². The molecule has 1 aliphatic heterocycles. The Hall–Kier alpha value is -2.09. The average Bonchev–Trinajstić information content (AvgIpc) is 2.95. The second-order valence-electron chi connectivity index (χ2n) is 4.72. The van der Waals surface area contributed by atoms with E-state index in [1.165, 1.54) is 0 Å². The molecule has 0 unspecified atom stereocenters. The Labute approximate surface area is 126 Å². The Balaban J connectivity index is 1.77. The molecule has 7 nitrogen and oxygen atoms in total. The molecule has 0 saturated carbocycles. The van der Waals surface area contributed by atoms with Crippen molar-refractivity contribution in [2.24, 2.45) is 0 Å². The van der Waals surface area contributed by atoms with Crippen LogP contribution in [0.1, 0.15) is 6.92 Å². The molecule has 1 aliphatic rings. The van der Waals surface area contributed by atoms with Gasteiger partial charge in [0.1, 0.15) is 10.6 Å².